The third kappa shape index (κ3) is 2.07. The van der Waals surface area contributed by atoms with Crippen LogP contribution in [0.2, 0.25) is 0 Å². The minimum Gasteiger partial charge on any atom is -0.447 e. The van der Waals surface area contributed by atoms with Gasteiger partial charge in [-0.2, -0.15) is 4.98 Å². The van der Waals surface area contributed by atoms with E-state index in [1.165, 1.54) is 6.26 Å². The topological polar surface area (TPSA) is 67.6 Å². The summed E-state index contributed by atoms with van der Waals surface area (Å²) in [6.07, 6.45) is 1.49. The van der Waals surface area contributed by atoms with E-state index in [0.29, 0.717) is 31.5 Å². The van der Waals surface area contributed by atoms with Gasteiger partial charge in [-0.05, 0) is 7.05 Å². The van der Waals surface area contributed by atoms with Crippen molar-refractivity contribution in [2.45, 2.75) is 13.0 Å². The van der Waals surface area contributed by atoms with Gasteiger partial charge in [0.05, 0.1) is 19.8 Å². The molecule has 2 heterocycles. The second kappa shape index (κ2) is 4.63. The maximum Gasteiger partial charge on any atom is 0.247 e. The molecule has 0 spiro atoms. The van der Waals surface area contributed by atoms with Crippen LogP contribution in [0.25, 0.3) is 0 Å². The number of hydrogen-bond donors (Lipinski definition) is 1. The van der Waals surface area contributed by atoms with Crippen molar-refractivity contribution in [1.82, 2.24) is 10.3 Å². The quantitative estimate of drug-likeness (QED) is 0.763. The molecule has 1 aromatic rings. The van der Waals surface area contributed by atoms with Crippen LogP contribution in [0, 0.1) is 6.92 Å². The number of rotatable bonds is 2. The lowest BCUT2D eigenvalue weighted by atomic mass is 10.3. The summed E-state index contributed by atoms with van der Waals surface area (Å²) < 4.78 is 10.5. The van der Waals surface area contributed by atoms with Gasteiger partial charge in [-0.25, -0.2) is 0 Å². The number of hydrogen-bond acceptors (Lipinski definition) is 5. The fourth-order valence-electron chi connectivity index (χ4n) is 1.64. The van der Waals surface area contributed by atoms with Gasteiger partial charge in [0, 0.05) is 6.92 Å². The molecule has 88 valence electrons. The minimum absolute atomic E-state index is 0.0340. The van der Waals surface area contributed by atoms with Gasteiger partial charge < -0.3 is 14.5 Å². The predicted octanol–water partition coefficient (Wildman–Crippen LogP) is -0.0658. The molecule has 0 radical (unpaired) electrons. The van der Waals surface area contributed by atoms with Crippen molar-refractivity contribution >= 4 is 11.7 Å². The zero-order valence-electron chi connectivity index (χ0n) is 9.40. The van der Waals surface area contributed by atoms with Crippen LogP contribution in [0.3, 0.4) is 0 Å². The molecule has 1 saturated heterocycles. The molecule has 1 N–H and O–H groups in total. The van der Waals surface area contributed by atoms with Crippen molar-refractivity contribution in [2.75, 3.05) is 31.7 Å². The molecule has 16 heavy (non-hydrogen) atoms. The van der Waals surface area contributed by atoms with E-state index in [9.17, 15) is 4.79 Å². The Kier molecular flexibility index (Phi) is 3.21. The molecule has 6 nitrogen and oxygen atoms in total. The van der Waals surface area contributed by atoms with E-state index in [1.54, 1.807) is 18.9 Å². The first-order valence-corrected chi connectivity index (χ1v) is 5.21. The number of carbonyl (C=O) groups is 1. The standard InChI is InChI=1S/C10H15N3O3/c1-7-12-9(6-16-7)13-3-4-15-5-8(11-2)10(13)14/h6,8,11H,3-5H2,1-2H3. The Labute approximate surface area is 93.6 Å². The fourth-order valence-corrected chi connectivity index (χ4v) is 1.64. The van der Waals surface area contributed by atoms with Crippen LogP contribution in [0.5, 0.6) is 0 Å². The minimum atomic E-state index is -0.320. The van der Waals surface area contributed by atoms with Crippen LogP contribution in [-0.4, -0.2) is 43.7 Å². The molecule has 0 aliphatic carbocycles. The Morgan fingerprint density at radius 3 is 3.06 bits per heavy atom. The Morgan fingerprint density at radius 1 is 1.62 bits per heavy atom. The van der Waals surface area contributed by atoms with E-state index in [4.69, 9.17) is 9.15 Å². The van der Waals surface area contributed by atoms with Crippen molar-refractivity contribution in [3.63, 3.8) is 0 Å². The smallest absolute Gasteiger partial charge is 0.247 e. The first kappa shape index (κ1) is 11.1. The monoisotopic (exact) mass is 225 g/mol. The second-order valence-electron chi connectivity index (χ2n) is 3.63. The Hall–Kier alpha value is -1.40. The fraction of sp³-hybridized carbons (Fsp3) is 0.600. The summed E-state index contributed by atoms with van der Waals surface area (Å²) >= 11 is 0. The predicted molar refractivity (Wildman–Crippen MR) is 57.3 cm³/mol. The van der Waals surface area contributed by atoms with Gasteiger partial charge in [0.1, 0.15) is 12.3 Å². The Morgan fingerprint density at radius 2 is 2.44 bits per heavy atom. The van der Waals surface area contributed by atoms with E-state index in [2.05, 4.69) is 10.3 Å². The number of ether oxygens (including phenoxy) is 1. The number of nitrogens with one attached hydrogen (secondary N) is 1. The van der Waals surface area contributed by atoms with Gasteiger partial charge in [0.15, 0.2) is 11.7 Å². The third-order valence-electron chi connectivity index (χ3n) is 2.54. The van der Waals surface area contributed by atoms with E-state index in [1.807, 2.05) is 0 Å². The number of amides is 1. The van der Waals surface area contributed by atoms with Gasteiger partial charge in [0.2, 0.25) is 5.91 Å². The first-order valence-electron chi connectivity index (χ1n) is 5.21. The van der Waals surface area contributed by atoms with Crippen LogP contribution in [0.1, 0.15) is 5.89 Å². The molecule has 0 bridgehead atoms. The van der Waals surface area contributed by atoms with Gasteiger partial charge >= 0.3 is 0 Å². The highest BCUT2D eigenvalue weighted by Gasteiger charge is 2.28. The maximum absolute atomic E-state index is 12.1. The molecular formula is C10H15N3O3. The van der Waals surface area contributed by atoms with E-state index < -0.39 is 0 Å². The molecule has 1 aliphatic heterocycles. The molecule has 2 rings (SSSR count). The number of oxazole rings is 1. The molecule has 1 atom stereocenters. The van der Waals surface area contributed by atoms with Gasteiger partial charge in [-0.1, -0.05) is 0 Å². The lowest BCUT2D eigenvalue weighted by Gasteiger charge is -2.20. The van der Waals surface area contributed by atoms with Crippen molar-refractivity contribution in [3.8, 4) is 0 Å². The van der Waals surface area contributed by atoms with Crippen LogP contribution in [-0.2, 0) is 9.53 Å². The number of aryl methyl sites for hydroxylation is 1. The van der Waals surface area contributed by atoms with Crippen molar-refractivity contribution in [1.29, 1.82) is 0 Å². The normalized spacial score (nSPS) is 22.2. The first-order chi connectivity index (χ1) is 7.72. The largest absolute Gasteiger partial charge is 0.447 e. The number of carbonyl (C=O) groups excluding carboxylic acids is 1. The molecular weight excluding hydrogens is 210 g/mol. The summed E-state index contributed by atoms with van der Waals surface area (Å²) in [6, 6.07) is -0.320. The summed E-state index contributed by atoms with van der Waals surface area (Å²) in [5.41, 5.74) is 0. The van der Waals surface area contributed by atoms with E-state index >= 15 is 0 Å². The lowest BCUT2D eigenvalue weighted by molar-refractivity contribution is -0.120. The Balaban J connectivity index is 2.21. The average Bonchev–Trinajstić information content (AvgIpc) is 2.60. The van der Waals surface area contributed by atoms with Gasteiger partial charge in [0.25, 0.3) is 0 Å². The van der Waals surface area contributed by atoms with Gasteiger partial charge in [-0.3, -0.25) is 9.69 Å². The molecule has 0 saturated carbocycles. The zero-order chi connectivity index (χ0) is 11.5. The molecule has 1 unspecified atom stereocenters. The zero-order valence-corrected chi connectivity index (χ0v) is 9.40. The molecule has 6 heteroatoms. The molecule has 1 amide bonds. The number of likely N-dealkylation sites (N-methyl/N-ethyl adjacent to an activating group) is 1. The lowest BCUT2D eigenvalue weighted by Crippen LogP contribution is -2.46. The van der Waals surface area contributed by atoms with Crippen molar-refractivity contribution in [2.24, 2.45) is 0 Å². The second-order valence-corrected chi connectivity index (χ2v) is 3.63. The summed E-state index contributed by atoms with van der Waals surface area (Å²) in [5, 5.41) is 2.93. The highest BCUT2D eigenvalue weighted by Crippen LogP contribution is 2.15. The number of anilines is 1. The van der Waals surface area contributed by atoms with E-state index in [0.717, 1.165) is 0 Å². The molecule has 1 aromatic heterocycles. The van der Waals surface area contributed by atoms with Crippen LogP contribution >= 0.6 is 0 Å². The summed E-state index contributed by atoms with van der Waals surface area (Å²) in [5.74, 6) is 1.07. The number of nitrogens with zero attached hydrogens (tertiary/aromatic N) is 2. The molecule has 1 fully saturated rings. The summed E-state index contributed by atoms with van der Waals surface area (Å²) in [6.45, 7) is 3.15. The summed E-state index contributed by atoms with van der Waals surface area (Å²) in [7, 11) is 1.74. The van der Waals surface area contributed by atoms with Crippen LogP contribution < -0.4 is 10.2 Å². The van der Waals surface area contributed by atoms with Crippen molar-refractivity contribution < 1.29 is 13.9 Å². The third-order valence-corrected chi connectivity index (χ3v) is 2.54. The number of aromatic nitrogens is 1. The van der Waals surface area contributed by atoms with Crippen molar-refractivity contribution in [3.05, 3.63) is 12.2 Å². The van der Waals surface area contributed by atoms with Crippen LogP contribution in [0.15, 0.2) is 10.7 Å². The highest BCUT2D eigenvalue weighted by atomic mass is 16.5. The summed E-state index contributed by atoms with van der Waals surface area (Å²) in [4.78, 5) is 17.8. The highest BCUT2D eigenvalue weighted by molar-refractivity contribution is 5.96. The van der Waals surface area contributed by atoms with Crippen LogP contribution in [0.4, 0.5) is 5.82 Å². The van der Waals surface area contributed by atoms with E-state index in [-0.39, 0.29) is 11.9 Å². The maximum atomic E-state index is 12.1. The Bertz CT molecular complexity index is 377. The molecule has 1 aliphatic rings. The SMILES string of the molecule is CNC1COCCN(c2coc(C)n2)C1=O. The average molecular weight is 225 g/mol. The van der Waals surface area contributed by atoms with Gasteiger partial charge in [-0.15, -0.1) is 0 Å². The molecule has 0 aromatic carbocycles.